The van der Waals surface area contributed by atoms with Crippen molar-refractivity contribution in [3.05, 3.63) is 247 Å². The van der Waals surface area contributed by atoms with Crippen molar-refractivity contribution in [2.75, 3.05) is 28.8 Å². The van der Waals surface area contributed by atoms with Crippen molar-refractivity contribution in [2.24, 2.45) is 0 Å². The number of nitrogens with zero attached hydrogens (tertiary/aromatic N) is 3. The standard InChI is InChI=1S/C57H52N2.C13H13N/c1-3-4-5-6-7-8-11-40-16-30-51(31-17-40)59(55-37-29-46-21-20-44-12-9-13-45-28-36-54(55)57(46)56(44)45)52-34-26-42(27-35-52)41-24-32-50(33-25-41)58(2)53-15-10-14-47(39-53)49-23-19-43-18-22-48(43)38-49;1-14(12-8-4-2-5-9-12)13-10-6-3-7-11-13/h9-10,12-17,19-21,23-39H,3-8,11,18,22H2,1-2H3;2-11H,1H3. The van der Waals surface area contributed by atoms with E-state index in [9.17, 15) is 0 Å². The molecule has 1 aliphatic rings. The van der Waals surface area contributed by atoms with Crippen LogP contribution in [0.4, 0.5) is 39.8 Å². The molecule has 0 spiro atoms. The molecule has 0 bridgehead atoms. The summed E-state index contributed by atoms with van der Waals surface area (Å²) in [7, 11) is 4.24. The van der Waals surface area contributed by atoms with Crippen LogP contribution < -0.4 is 14.7 Å². The molecule has 0 aromatic heterocycles. The Hall–Kier alpha value is -8.14. The predicted octanol–water partition coefficient (Wildman–Crippen LogP) is 19.6. The highest BCUT2D eigenvalue weighted by atomic mass is 15.1. The van der Waals surface area contributed by atoms with E-state index in [-0.39, 0.29) is 0 Å². The number of aryl methyl sites for hydroxylation is 3. The Balaban J connectivity index is 0.000000354. The van der Waals surface area contributed by atoms with Crippen molar-refractivity contribution in [3.8, 4) is 22.3 Å². The van der Waals surface area contributed by atoms with Crippen LogP contribution in [0, 0.1) is 0 Å². The van der Waals surface area contributed by atoms with Gasteiger partial charge in [-0.2, -0.15) is 0 Å². The average molecular weight is 948 g/mol. The van der Waals surface area contributed by atoms with Gasteiger partial charge in [0.2, 0.25) is 0 Å². The number of para-hydroxylation sites is 2. The Morgan fingerprint density at radius 1 is 0.342 bits per heavy atom. The molecule has 11 aromatic carbocycles. The molecule has 1 aliphatic carbocycles. The minimum atomic E-state index is 1.13. The van der Waals surface area contributed by atoms with E-state index in [0.29, 0.717) is 0 Å². The fourth-order valence-electron chi connectivity index (χ4n) is 10.8. The van der Waals surface area contributed by atoms with Gasteiger partial charge in [0.15, 0.2) is 0 Å². The van der Waals surface area contributed by atoms with Crippen LogP contribution in [-0.2, 0) is 19.3 Å². The third-order valence-electron chi connectivity index (χ3n) is 15.2. The molecular weight excluding hydrogens is 883 g/mol. The highest BCUT2D eigenvalue weighted by molar-refractivity contribution is 6.25. The normalized spacial score (nSPS) is 11.8. The Morgan fingerprint density at radius 2 is 0.836 bits per heavy atom. The summed E-state index contributed by atoms with van der Waals surface area (Å²) in [5.41, 5.74) is 17.7. The highest BCUT2D eigenvalue weighted by Crippen LogP contribution is 2.44. The minimum Gasteiger partial charge on any atom is -0.345 e. The van der Waals surface area contributed by atoms with Crippen molar-refractivity contribution < 1.29 is 0 Å². The second-order valence-corrected chi connectivity index (χ2v) is 19.9. The molecule has 12 rings (SSSR count). The summed E-state index contributed by atoms with van der Waals surface area (Å²) in [5, 5.41) is 7.82. The van der Waals surface area contributed by atoms with Gasteiger partial charge in [0.1, 0.15) is 0 Å². The first-order valence-corrected chi connectivity index (χ1v) is 26.5. The molecule has 0 aliphatic heterocycles. The SMILES string of the molecule is CCCCCCCCc1ccc(N(c2ccc(-c3ccc(N(C)c4cccc(-c5ccc6c(c5)CC6)c4)cc3)cc2)c2ccc3ccc4cccc5ccc2c3c45)cc1.CN(c1ccccc1)c1ccccc1. The van der Waals surface area contributed by atoms with E-state index < -0.39 is 0 Å². The second-order valence-electron chi connectivity index (χ2n) is 19.9. The van der Waals surface area contributed by atoms with Gasteiger partial charge in [0, 0.05) is 53.6 Å². The van der Waals surface area contributed by atoms with Gasteiger partial charge in [-0.1, -0.05) is 191 Å². The molecule has 73 heavy (non-hydrogen) atoms. The summed E-state index contributed by atoms with van der Waals surface area (Å²) in [4.78, 5) is 6.91. The molecule has 3 heteroatoms. The van der Waals surface area contributed by atoms with Gasteiger partial charge in [-0.15, -0.1) is 0 Å². The zero-order valence-corrected chi connectivity index (χ0v) is 42.6. The summed E-state index contributed by atoms with van der Waals surface area (Å²) in [5.74, 6) is 0. The number of anilines is 7. The second kappa shape index (κ2) is 21.7. The Morgan fingerprint density at radius 3 is 1.47 bits per heavy atom. The van der Waals surface area contributed by atoms with Crippen molar-refractivity contribution in [3.63, 3.8) is 0 Å². The Kier molecular flexibility index (Phi) is 14.0. The van der Waals surface area contributed by atoms with Crippen molar-refractivity contribution in [1.29, 1.82) is 0 Å². The average Bonchev–Trinajstić information content (AvgIpc) is 3.45. The van der Waals surface area contributed by atoms with Crippen LogP contribution in [0.5, 0.6) is 0 Å². The number of fused-ring (bicyclic) bond motifs is 1. The minimum absolute atomic E-state index is 1.13. The third kappa shape index (κ3) is 10.2. The maximum absolute atomic E-state index is 2.46. The number of rotatable bonds is 16. The number of hydrogen-bond donors (Lipinski definition) is 0. The van der Waals surface area contributed by atoms with Gasteiger partial charge in [0.25, 0.3) is 0 Å². The van der Waals surface area contributed by atoms with E-state index in [1.807, 2.05) is 12.1 Å². The first-order chi connectivity index (χ1) is 36.0. The van der Waals surface area contributed by atoms with E-state index in [4.69, 9.17) is 0 Å². The Labute approximate surface area is 433 Å². The van der Waals surface area contributed by atoms with Gasteiger partial charge in [-0.05, 0) is 170 Å². The van der Waals surface area contributed by atoms with Crippen LogP contribution in [0.2, 0.25) is 0 Å². The van der Waals surface area contributed by atoms with Crippen LogP contribution in [0.15, 0.2) is 231 Å². The van der Waals surface area contributed by atoms with E-state index in [0.717, 1.165) is 12.1 Å². The molecule has 3 nitrogen and oxygen atoms in total. The van der Waals surface area contributed by atoms with E-state index in [1.54, 1.807) is 0 Å². The van der Waals surface area contributed by atoms with Gasteiger partial charge < -0.3 is 14.7 Å². The smallest absolute Gasteiger partial charge is 0.0540 e. The fraction of sp³-hybridized carbons (Fsp3) is 0.171. The molecule has 0 fully saturated rings. The largest absolute Gasteiger partial charge is 0.345 e. The molecule has 360 valence electrons. The molecule has 0 saturated carbocycles. The molecule has 0 saturated heterocycles. The molecule has 0 N–H and O–H groups in total. The summed E-state index contributed by atoms with van der Waals surface area (Å²) >= 11 is 0. The van der Waals surface area contributed by atoms with E-state index in [2.05, 4.69) is 254 Å². The van der Waals surface area contributed by atoms with E-state index >= 15 is 0 Å². The summed E-state index contributed by atoms with van der Waals surface area (Å²) in [6, 6.07) is 84.4. The number of unbranched alkanes of at least 4 members (excludes halogenated alkanes) is 5. The molecule has 0 amide bonds. The maximum Gasteiger partial charge on any atom is 0.0540 e. The van der Waals surface area contributed by atoms with Crippen molar-refractivity contribution in [2.45, 2.75) is 64.7 Å². The zero-order chi connectivity index (χ0) is 49.5. The lowest BCUT2D eigenvalue weighted by atomic mass is 9.86. The van der Waals surface area contributed by atoms with E-state index in [1.165, 1.54) is 157 Å². The van der Waals surface area contributed by atoms with Gasteiger partial charge in [-0.3, -0.25) is 0 Å². The van der Waals surface area contributed by atoms with Gasteiger partial charge in [0.05, 0.1) is 5.69 Å². The molecule has 0 atom stereocenters. The summed E-state index contributed by atoms with van der Waals surface area (Å²) < 4.78 is 0. The molecule has 0 heterocycles. The number of hydrogen-bond acceptors (Lipinski definition) is 3. The Bertz CT molecular complexity index is 3510. The topological polar surface area (TPSA) is 9.72 Å². The molecular formula is C70H65N3. The lowest BCUT2D eigenvalue weighted by molar-refractivity contribution is 0.607. The monoisotopic (exact) mass is 948 g/mol. The first-order valence-electron chi connectivity index (χ1n) is 26.5. The first kappa shape index (κ1) is 47.2. The zero-order valence-electron chi connectivity index (χ0n) is 42.6. The maximum atomic E-state index is 2.46. The third-order valence-corrected chi connectivity index (χ3v) is 15.2. The van der Waals surface area contributed by atoms with Crippen molar-refractivity contribution >= 4 is 72.1 Å². The van der Waals surface area contributed by atoms with Crippen LogP contribution in [-0.4, -0.2) is 14.1 Å². The lowest BCUT2D eigenvalue weighted by Crippen LogP contribution is -2.11. The fourth-order valence-corrected chi connectivity index (χ4v) is 10.8. The van der Waals surface area contributed by atoms with Crippen LogP contribution in [0.25, 0.3) is 54.6 Å². The van der Waals surface area contributed by atoms with Crippen LogP contribution >= 0.6 is 0 Å². The van der Waals surface area contributed by atoms with Crippen LogP contribution in [0.3, 0.4) is 0 Å². The van der Waals surface area contributed by atoms with Gasteiger partial charge >= 0.3 is 0 Å². The molecule has 0 radical (unpaired) electrons. The summed E-state index contributed by atoms with van der Waals surface area (Å²) in [6.07, 6.45) is 11.5. The predicted molar refractivity (Wildman–Crippen MR) is 316 cm³/mol. The quantitative estimate of drug-likeness (QED) is 0.0706. The number of benzene rings is 11. The van der Waals surface area contributed by atoms with Gasteiger partial charge in [-0.25, -0.2) is 0 Å². The molecule has 11 aromatic rings. The van der Waals surface area contributed by atoms with Crippen molar-refractivity contribution in [1.82, 2.24) is 0 Å². The molecule has 0 unspecified atom stereocenters. The lowest BCUT2D eigenvalue weighted by Gasteiger charge is -2.28. The van der Waals surface area contributed by atoms with Crippen LogP contribution in [0.1, 0.15) is 62.1 Å². The summed E-state index contributed by atoms with van der Waals surface area (Å²) in [6.45, 7) is 2.29. The highest BCUT2D eigenvalue weighted by Gasteiger charge is 2.19.